The minimum absolute atomic E-state index is 0.316. The van der Waals surface area contributed by atoms with Gasteiger partial charge in [-0.05, 0) is 17.9 Å². The third-order valence-corrected chi connectivity index (χ3v) is 2.67. The number of nitrogens with zero attached hydrogens (tertiary/aromatic N) is 1. The average molecular weight is 208 g/mol. The van der Waals surface area contributed by atoms with Gasteiger partial charge in [0.2, 0.25) is 5.88 Å². The van der Waals surface area contributed by atoms with Crippen molar-refractivity contribution in [3.8, 4) is 5.88 Å². The van der Waals surface area contributed by atoms with Crippen LogP contribution in [0.5, 0.6) is 5.88 Å². The molecule has 1 heterocycles. The molecule has 1 rings (SSSR count). The molecule has 84 valence electrons. The lowest BCUT2D eigenvalue weighted by molar-refractivity contribution is 0.376. The summed E-state index contributed by atoms with van der Waals surface area (Å²) in [4.78, 5) is 4.06. The van der Waals surface area contributed by atoms with E-state index in [1.807, 2.05) is 12.1 Å². The van der Waals surface area contributed by atoms with Gasteiger partial charge in [-0.3, -0.25) is 0 Å². The molecule has 3 nitrogen and oxygen atoms in total. The van der Waals surface area contributed by atoms with E-state index in [-0.39, 0.29) is 0 Å². The molecule has 15 heavy (non-hydrogen) atoms. The number of ether oxygens (including phenoxy) is 1. The van der Waals surface area contributed by atoms with Gasteiger partial charge in [0.25, 0.3) is 0 Å². The minimum atomic E-state index is 0.316. The third-order valence-electron chi connectivity index (χ3n) is 2.67. The Balaban J connectivity index is 2.57. The number of aromatic nitrogens is 1. The maximum absolute atomic E-state index is 5.06. The fourth-order valence-corrected chi connectivity index (χ4v) is 1.10. The summed E-state index contributed by atoms with van der Waals surface area (Å²) in [5.74, 6) is 0.648. The predicted octanol–water partition coefficient (Wildman–Crippen LogP) is 2.94. The van der Waals surface area contributed by atoms with E-state index in [0.29, 0.717) is 11.3 Å². The van der Waals surface area contributed by atoms with E-state index in [1.165, 1.54) is 0 Å². The standard InChI is InChI=1S/C12H20N2O/c1-5-12(2,3)9-14-10-6-7-13-11(8-10)15-4/h6-8H,5,9H2,1-4H3,(H,13,14). The van der Waals surface area contributed by atoms with E-state index in [0.717, 1.165) is 18.7 Å². The maximum atomic E-state index is 5.06. The first-order valence-corrected chi connectivity index (χ1v) is 5.31. The lowest BCUT2D eigenvalue weighted by Crippen LogP contribution is -2.21. The number of hydrogen-bond acceptors (Lipinski definition) is 3. The normalized spacial score (nSPS) is 11.2. The average Bonchev–Trinajstić information content (AvgIpc) is 2.27. The topological polar surface area (TPSA) is 34.2 Å². The van der Waals surface area contributed by atoms with Crippen molar-refractivity contribution in [2.45, 2.75) is 27.2 Å². The molecule has 1 N–H and O–H groups in total. The summed E-state index contributed by atoms with van der Waals surface area (Å²) in [6, 6.07) is 3.86. The number of nitrogens with one attached hydrogen (secondary N) is 1. The van der Waals surface area contributed by atoms with Gasteiger partial charge < -0.3 is 10.1 Å². The zero-order chi connectivity index (χ0) is 11.3. The molecule has 0 aliphatic heterocycles. The van der Waals surface area contributed by atoms with Crippen LogP contribution in [0.2, 0.25) is 0 Å². The number of hydrogen-bond donors (Lipinski definition) is 1. The molecule has 0 radical (unpaired) electrons. The highest BCUT2D eigenvalue weighted by atomic mass is 16.5. The van der Waals surface area contributed by atoms with Crippen molar-refractivity contribution in [3.05, 3.63) is 18.3 Å². The Hall–Kier alpha value is -1.25. The number of pyridine rings is 1. The van der Waals surface area contributed by atoms with Crippen LogP contribution in [0.4, 0.5) is 5.69 Å². The second-order valence-corrected chi connectivity index (χ2v) is 4.46. The van der Waals surface area contributed by atoms with Gasteiger partial charge in [-0.1, -0.05) is 20.8 Å². The second-order valence-electron chi connectivity index (χ2n) is 4.46. The zero-order valence-corrected chi connectivity index (χ0v) is 10.0. The fraction of sp³-hybridized carbons (Fsp3) is 0.583. The number of rotatable bonds is 5. The Morgan fingerprint density at radius 2 is 2.20 bits per heavy atom. The highest BCUT2D eigenvalue weighted by molar-refractivity contribution is 5.45. The third kappa shape index (κ3) is 3.78. The van der Waals surface area contributed by atoms with Gasteiger partial charge >= 0.3 is 0 Å². The highest BCUT2D eigenvalue weighted by Gasteiger charge is 2.14. The van der Waals surface area contributed by atoms with Gasteiger partial charge in [0.15, 0.2) is 0 Å². The van der Waals surface area contributed by atoms with Crippen LogP contribution in [-0.4, -0.2) is 18.6 Å². The van der Waals surface area contributed by atoms with Gasteiger partial charge in [-0.15, -0.1) is 0 Å². The Morgan fingerprint density at radius 1 is 1.47 bits per heavy atom. The summed E-state index contributed by atoms with van der Waals surface area (Å²) in [7, 11) is 1.63. The van der Waals surface area contributed by atoms with Crippen LogP contribution >= 0.6 is 0 Å². The molecule has 3 heteroatoms. The lowest BCUT2D eigenvalue weighted by atomic mass is 9.90. The molecule has 1 aromatic rings. The monoisotopic (exact) mass is 208 g/mol. The predicted molar refractivity (Wildman–Crippen MR) is 63.4 cm³/mol. The van der Waals surface area contributed by atoms with Crippen molar-refractivity contribution in [1.82, 2.24) is 4.98 Å². The molecule has 0 bridgehead atoms. The molecular weight excluding hydrogens is 188 g/mol. The molecule has 0 fully saturated rings. The summed E-state index contributed by atoms with van der Waals surface area (Å²) in [6.45, 7) is 7.66. The molecule has 0 aromatic carbocycles. The molecule has 0 spiro atoms. The summed E-state index contributed by atoms with van der Waals surface area (Å²) in [5, 5.41) is 3.39. The van der Waals surface area contributed by atoms with Crippen LogP contribution in [0.25, 0.3) is 0 Å². The van der Waals surface area contributed by atoms with E-state index in [4.69, 9.17) is 4.74 Å². The van der Waals surface area contributed by atoms with Crippen LogP contribution in [0, 0.1) is 5.41 Å². The Bertz CT molecular complexity index is 310. The molecular formula is C12H20N2O. The molecule has 0 aliphatic carbocycles. The van der Waals surface area contributed by atoms with Crippen molar-refractivity contribution in [1.29, 1.82) is 0 Å². The van der Waals surface area contributed by atoms with E-state index in [9.17, 15) is 0 Å². The molecule has 0 saturated heterocycles. The minimum Gasteiger partial charge on any atom is -0.481 e. The van der Waals surface area contributed by atoms with Gasteiger partial charge in [-0.25, -0.2) is 4.98 Å². The molecule has 0 saturated carbocycles. The van der Waals surface area contributed by atoms with Crippen molar-refractivity contribution in [3.63, 3.8) is 0 Å². The Kier molecular flexibility index (Phi) is 3.95. The summed E-state index contributed by atoms with van der Waals surface area (Å²) in [6.07, 6.45) is 2.91. The van der Waals surface area contributed by atoms with Crippen molar-refractivity contribution in [2.75, 3.05) is 19.0 Å². The summed E-state index contributed by atoms with van der Waals surface area (Å²) < 4.78 is 5.06. The first-order valence-electron chi connectivity index (χ1n) is 5.31. The molecule has 0 amide bonds. The fourth-order valence-electron chi connectivity index (χ4n) is 1.10. The van der Waals surface area contributed by atoms with Gasteiger partial charge in [0.1, 0.15) is 0 Å². The maximum Gasteiger partial charge on any atom is 0.214 e. The molecule has 1 aromatic heterocycles. The first kappa shape index (κ1) is 11.8. The van der Waals surface area contributed by atoms with E-state index in [1.54, 1.807) is 13.3 Å². The summed E-state index contributed by atoms with van der Waals surface area (Å²) in [5.41, 5.74) is 1.37. The van der Waals surface area contributed by atoms with Gasteiger partial charge in [0, 0.05) is 24.5 Å². The molecule has 0 aliphatic rings. The van der Waals surface area contributed by atoms with Gasteiger partial charge in [0.05, 0.1) is 7.11 Å². The van der Waals surface area contributed by atoms with Crippen molar-refractivity contribution in [2.24, 2.45) is 5.41 Å². The van der Waals surface area contributed by atoms with E-state index < -0.39 is 0 Å². The van der Waals surface area contributed by atoms with Crippen LogP contribution < -0.4 is 10.1 Å². The van der Waals surface area contributed by atoms with Crippen LogP contribution in [-0.2, 0) is 0 Å². The lowest BCUT2D eigenvalue weighted by Gasteiger charge is -2.23. The molecule has 0 atom stereocenters. The van der Waals surface area contributed by atoms with E-state index >= 15 is 0 Å². The molecule has 0 unspecified atom stereocenters. The van der Waals surface area contributed by atoms with Crippen molar-refractivity contribution < 1.29 is 4.74 Å². The highest BCUT2D eigenvalue weighted by Crippen LogP contribution is 2.21. The van der Waals surface area contributed by atoms with Crippen LogP contribution in [0.15, 0.2) is 18.3 Å². The van der Waals surface area contributed by atoms with Crippen molar-refractivity contribution >= 4 is 5.69 Å². The SMILES string of the molecule is CCC(C)(C)CNc1ccnc(OC)c1. The largest absolute Gasteiger partial charge is 0.481 e. The van der Waals surface area contributed by atoms with Crippen LogP contribution in [0.3, 0.4) is 0 Å². The zero-order valence-electron chi connectivity index (χ0n) is 10.0. The second kappa shape index (κ2) is 5.01. The summed E-state index contributed by atoms with van der Waals surface area (Å²) >= 11 is 0. The number of anilines is 1. The first-order chi connectivity index (χ1) is 7.07. The van der Waals surface area contributed by atoms with E-state index in [2.05, 4.69) is 31.1 Å². The van der Waals surface area contributed by atoms with Crippen LogP contribution in [0.1, 0.15) is 27.2 Å². The van der Waals surface area contributed by atoms with Gasteiger partial charge in [-0.2, -0.15) is 0 Å². The Labute approximate surface area is 91.9 Å². The number of methoxy groups -OCH3 is 1. The quantitative estimate of drug-likeness (QED) is 0.807. The Morgan fingerprint density at radius 3 is 2.80 bits per heavy atom. The smallest absolute Gasteiger partial charge is 0.214 e.